The fourth-order valence-corrected chi connectivity index (χ4v) is 0.679. The van der Waals surface area contributed by atoms with Crippen LogP contribution >= 0.6 is 0 Å². The van der Waals surface area contributed by atoms with E-state index in [-0.39, 0.29) is 11.8 Å². The van der Waals surface area contributed by atoms with Gasteiger partial charge in [0.1, 0.15) is 0 Å². The molecule has 0 spiro atoms. The van der Waals surface area contributed by atoms with E-state index in [2.05, 4.69) is 0 Å². The molecule has 3 heteroatoms. The van der Waals surface area contributed by atoms with E-state index in [1.54, 1.807) is 0 Å². The van der Waals surface area contributed by atoms with Gasteiger partial charge in [0.2, 0.25) is 5.91 Å². The van der Waals surface area contributed by atoms with Crippen LogP contribution in [0.5, 0.6) is 0 Å². The lowest BCUT2D eigenvalue weighted by atomic mass is 10.0. The molecule has 1 unspecified atom stereocenters. The van der Waals surface area contributed by atoms with Gasteiger partial charge in [-0.15, -0.1) is 0 Å². The summed E-state index contributed by atoms with van der Waals surface area (Å²) in [6, 6.07) is 0. The molecule has 0 bridgehead atoms. The Morgan fingerprint density at radius 1 is 1.67 bits per heavy atom. The monoisotopic (exact) mass is 130 g/mol. The van der Waals surface area contributed by atoms with E-state index in [1.165, 1.54) is 0 Å². The van der Waals surface area contributed by atoms with Gasteiger partial charge in [-0.2, -0.15) is 0 Å². The second-order valence-corrected chi connectivity index (χ2v) is 2.18. The Kier molecular flexibility index (Phi) is 4.05. The highest BCUT2D eigenvalue weighted by atomic mass is 16.1. The number of amides is 1. The first-order valence-electron chi connectivity index (χ1n) is 3.19. The summed E-state index contributed by atoms with van der Waals surface area (Å²) in [5.41, 5.74) is 10.3. The third kappa shape index (κ3) is 3.97. The molecule has 1 amide bonds. The van der Waals surface area contributed by atoms with Crippen LogP contribution in [-0.4, -0.2) is 12.5 Å². The predicted molar refractivity (Wildman–Crippen MR) is 36.6 cm³/mol. The van der Waals surface area contributed by atoms with Gasteiger partial charge in [-0.1, -0.05) is 13.3 Å². The van der Waals surface area contributed by atoms with E-state index < -0.39 is 0 Å². The van der Waals surface area contributed by atoms with Crippen molar-refractivity contribution in [1.82, 2.24) is 0 Å². The molecular formula is C6H14N2O. The Labute approximate surface area is 55.4 Å². The molecule has 0 rings (SSSR count). The minimum atomic E-state index is -0.257. The van der Waals surface area contributed by atoms with E-state index in [0.717, 1.165) is 6.42 Å². The highest BCUT2D eigenvalue weighted by Crippen LogP contribution is 2.03. The van der Waals surface area contributed by atoms with Crippen molar-refractivity contribution in [2.24, 2.45) is 17.4 Å². The summed E-state index contributed by atoms with van der Waals surface area (Å²) in [4.78, 5) is 10.3. The predicted octanol–water partition coefficient (Wildman–Crippen LogP) is -0.153. The van der Waals surface area contributed by atoms with Gasteiger partial charge in [0.05, 0.1) is 0 Å². The maximum absolute atomic E-state index is 10.3. The molecule has 0 radical (unpaired) electrons. The summed E-state index contributed by atoms with van der Waals surface area (Å²) in [7, 11) is 0. The van der Waals surface area contributed by atoms with Crippen LogP contribution in [0.25, 0.3) is 0 Å². The smallest absolute Gasteiger partial charge is 0.217 e. The third-order valence-electron chi connectivity index (χ3n) is 1.40. The van der Waals surface area contributed by atoms with Crippen molar-refractivity contribution in [1.29, 1.82) is 0 Å². The Balaban J connectivity index is 3.43. The van der Waals surface area contributed by atoms with Crippen molar-refractivity contribution < 1.29 is 4.79 Å². The zero-order valence-corrected chi connectivity index (χ0v) is 5.76. The molecule has 0 aliphatic carbocycles. The van der Waals surface area contributed by atoms with E-state index in [1.807, 2.05) is 6.92 Å². The SMILES string of the molecule is CCC(CN)CC(N)=O. The molecule has 0 saturated carbocycles. The van der Waals surface area contributed by atoms with Crippen LogP contribution in [-0.2, 0) is 4.79 Å². The van der Waals surface area contributed by atoms with Crippen molar-refractivity contribution in [2.45, 2.75) is 19.8 Å². The molecule has 0 aromatic rings. The van der Waals surface area contributed by atoms with Gasteiger partial charge in [0, 0.05) is 6.42 Å². The van der Waals surface area contributed by atoms with Crippen molar-refractivity contribution in [2.75, 3.05) is 6.54 Å². The van der Waals surface area contributed by atoms with Gasteiger partial charge >= 0.3 is 0 Å². The van der Waals surface area contributed by atoms with Crippen LogP contribution in [0.2, 0.25) is 0 Å². The summed E-state index contributed by atoms with van der Waals surface area (Å²) < 4.78 is 0. The largest absolute Gasteiger partial charge is 0.370 e. The Bertz CT molecular complexity index is 89.1. The topological polar surface area (TPSA) is 69.1 Å². The molecule has 0 aromatic carbocycles. The average Bonchev–Trinajstić information content (AvgIpc) is 1.82. The van der Waals surface area contributed by atoms with Gasteiger partial charge in [0.15, 0.2) is 0 Å². The van der Waals surface area contributed by atoms with Gasteiger partial charge in [-0.05, 0) is 12.5 Å². The van der Waals surface area contributed by atoms with Crippen molar-refractivity contribution in [3.05, 3.63) is 0 Å². The average molecular weight is 130 g/mol. The van der Waals surface area contributed by atoms with Crippen molar-refractivity contribution in [3.63, 3.8) is 0 Å². The van der Waals surface area contributed by atoms with Crippen molar-refractivity contribution in [3.8, 4) is 0 Å². The minimum Gasteiger partial charge on any atom is -0.370 e. The lowest BCUT2D eigenvalue weighted by molar-refractivity contribution is -0.118. The highest BCUT2D eigenvalue weighted by molar-refractivity contribution is 5.73. The first kappa shape index (κ1) is 8.43. The molecule has 0 aromatic heterocycles. The van der Waals surface area contributed by atoms with Crippen LogP contribution < -0.4 is 11.5 Å². The molecule has 0 fully saturated rings. The maximum Gasteiger partial charge on any atom is 0.217 e. The normalized spacial score (nSPS) is 13.1. The third-order valence-corrected chi connectivity index (χ3v) is 1.40. The molecule has 0 aliphatic heterocycles. The second kappa shape index (κ2) is 4.32. The van der Waals surface area contributed by atoms with Crippen LogP contribution in [0.15, 0.2) is 0 Å². The number of hydrogen-bond donors (Lipinski definition) is 2. The second-order valence-electron chi connectivity index (χ2n) is 2.18. The lowest BCUT2D eigenvalue weighted by Gasteiger charge is -2.07. The number of carbonyl (C=O) groups is 1. The van der Waals surface area contributed by atoms with Gasteiger partial charge in [-0.3, -0.25) is 4.79 Å². The Morgan fingerprint density at radius 3 is 2.33 bits per heavy atom. The Morgan fingerprint density at radius 2 is 2.22 bits per heavy atom. The number of carbonyl (C=O) groups excluding carboxylic acids is 1. The first-order chi connectivity index (χ1) is 4.20. The summed E-state index contributed by atoms with van der Waals surface area (Å²) in [6.45, 7) is 2.56. The van der Waals surface area contributed by atoms with Gasteiger partial charge < -0.3 is 11.5 Å². The van der Waals surface area contributed by atoms with E-state index in [4.69, 9.17) is 11.5 Å². The van der Waals surface area contributed by atoms with E-state index >= 15 is 0 Å². The molecular weight excluding hydrogens is 116 g/mol. The molecule has 4 N–H and O–H groups in total. The standard InChI is InChI=1S/C6H14N2O/c1-2-5(4-7)3-6(8)9/h5H,2-4,7H2,1H3,(H2,8,9). The molecule has 1 atom stereocenters. The fraction of sp³-hybridized carbons (Fsp3) is 0.833. The molecule has 3 nitrogen and oxygen atoms in total. The molecule has 0 saturated heterocycles. The molecule has 0 heterocycles. The van der Waals surface area contributed by atoms with Gasteiger partial charge in [-0.25, -0.2) is 0 Å². The fourth-order valence-electron chi connectivity index (χ4n) is 0.679. The summed E-state index contributed by atoms with van der Waals surface area (Å²) in [6.07, 6.45) is 1.35. The van der Waals surface area contributed by atoms with Crippen LogP contribution in [0.4, 0.5) is 0 Å². The zero-order valence-electron chi connectivity index (χ0n) is 5.76. The van der Waals surface area contributed by atoms with Crippen LogP contribution in [0, 0.1) is 5.92 Å². The number of primary amides is 1. The highest BCUT2D eigenvalue weighted by Gasteiger charge is 2.05. The first-order valence-corrected chi connectivity index (χ1v) is 3.19. The molecule has 0 aliphatic rings. The quantitative estimate of drug-likeness (QED) is 0.555. The zero-order chi connectivity index (χ0) is 7.28. The van der Waals surface area contributed by atoms with E-state index in [0.29, 0.717) is 13.0 Å². The minimum absolute atomic E-state index is 0.257. The van der Waals surface area contributed by atoms with Crippen molar-refractivity contribution >= 4 is 5.91 Å². The number of nitrogens with two attached hydrogens (primary N) is 2. The summed E-state index contributed by atoms with van der Waals surface area (Å²) in [5.74, 6) is 0.0230. The van der Waals surface area contributed by atoms with Gasteiger partial charge in [0.25, 0.3) is 0 Å². The lowest BCUT2D eigenvalue weighted by Crippen LogP contribution is -2.21. The van der Waals surface area contributed by atoms with Crippen LogP contribution in [0.3, 0.4) is 0 Å². The van der Waals surface area contributed by atoms with E-state index in [9.17, 15) is 4.79 Å². The molecule has 9 heavy (non-hydrogen) atoms. The maximum atomic E-state index is 10.3. The molecule has 54 valence electrons. The summed E-state index contributed by atoms with van der Waals surface area (Å²) in [5, 5.41) is 0. The number of rotatable bonds is 4. The number of hydrogen-bond acceptors (Lipinski definition) is 2. The summed E-state index contributed by atoms with van der Waals surface area (Å²) >= 11 is 0. The Hall–Kier alpha value is -0.570. The van der Waals surface area contributed by atoms with Crippen LogP contribution in [0.1, 0.15) is 19.8 Å².